The van der Waals surface area contributed by atoms with Crippen LogP contribution in [-0.2, 0) is 0 Å². The molecule has 2 unspecified atom stereocenters. The Kier molecular flexibility index (Phi) is 3.43. The molecule has 1 fully saturated rings. The zero-order chi connectivity index (χ0) is 11.5. The Labute approximate surface area is 96.0 Å². The largest absolute Gasteiger partial charge is 0.406 e. The summed E-state index contributed by atoms with van der Waals surface area (Å²) >= 11 is 0. The molecule has 1 saturated carbocycles. The molecule has 1 heterocycles. The van der Waals surface area contributed by atoms with Gasteiger partial charge in [0.05, 0.1) is 6.04 Å². The molecule has 2 rings (SSSR count). The predicted molar refractivity (Wildman–Crippen MR) is 62.2 cm³/mol. The molecule has 0 aromatic carbocycles. The second kappa shape index (κ2) is 4.82. The van der Waals surface area contributed by atoms with Gasteiger partial charge in [-0.15, -0.1) is 5.10 Å². The summed E-state index contributed by atoms with van der Waals surface area (Å²) < 4.78 is 5.53. The minimum Gasteiger partial charge on any atom is -0.406 e. The maximum absolute atomic E-state index is 5.53. The molecule has 0 aliphatic heterocycles. The molecule has 0 radical (unpaired) electrons. The van der Waals surface area contributed by atoms with E-state index in [4.69, 9.17) is 4.42 Å². The highest BCUT2D eigenvalue weighted by molar-refractivity contribution is 5.20. The van der Waals surface area contributed by atoms with Crippen LogP contribution >= 0.6 is 0 Å². The third kappa shape index (κ3) is 2.35. The van der Waals surface area contributed by atoms with E-state index in [-0.39, 0.29) is 6.04 Å². The molecule has 90 valence electrons. The van der Waals surface area contributed by atoms with E-state index in [1.807, 2.05) is 14.0 Å². The second-order valence-electron chi connectivity index (χ2n) is 4.58. The molecule has 5 nitrogen and oxygen atoms in total. The SMILES string of the molecule is CNC(C)c1nnc(NC(C)C2CCC2)o1. The van der Waals surface area contributed by atoms with Crippen LogP contribution in [0.15, 0.2) is 4.42 Å². The van der Waals surface area contributed by atoms with Gasteiger partial charge < -0.3 is 15.1 Å². The highest BCUT2D eigenvalue weighted by Crippen LogP contribution is 2.30. The topological polar surface area (TPSA) is 63.0 Å². The molecule has 1 aromatic rings. The van der Waals surface area contributed by atoms with Crippen LogP contribution in [0.1, 0.15) is 45.0 Å². The predicted octanol–water partition coefficient (Wildman–Crippen LogP) is 1.95. The van der Waals surface area contributed by atoms with Gasteiger partial charge in [0.15, 0.2) is 0 Å². The van der Waals surface area contributed by atoms with Gasteiger partial charge in [0, 0.05) is 6.04 Å². The number of hydrogen-bond acceptors (Lipinski definition) is 5. The van der Waals surface area contributed by atoms with E-state index in [9.17, 15) is 0 Å². The van der Waals surface area contributed by atoms with Gasteiger partial charge in [-0.1, -0.05) is 11.5 Å². The summed E-state index contributed by atoms with van der Waals surface area (Å²) in [6.45, 7) is 4.17. The molecule has 0 bridgehead atoms. The number of nitrogens with zero attached hydrogens (tertiary/aromatic N) is 2. The Hall–Kier alpha value is -1.10. The molecule has 2 atom stereocenters. The first-order chi connectivity index (χ1) is 7.70. The average Bonchev–Trinajstić information content (AvgIpc) is 2.62. The zero-order valence-corrected chi connectivity index (χ0v) is 10.2. The van der Waals surface area contributed by atoms with E-state index >= 15 is 0 Å². The Bertz CT molecular complexity index is 334. The van der Waals surface area contributed by atoms with Gasteiger partial charge >= 0.3 is 6.01 Å². The zero-order valence-electron chi connectivity index (χ0n) is 10.2. The maximum Gasteiger partial charge on any atom is 0.315 e. The van der Waals surface area contributed by atoms with E-state index in [0.29, 0.717) is 17.9 Å². The third-order valence-corrected chi connectivity index (χ3v) is 3.45. The lowest BCUT2D eigenvalue weighted by Gasteiger charge is -2.31. The lowest BCUT2D eigenvalue weighted by Crippen LogP contribution is -2.30. The first-order valence-electron chi connectivity index (χ1n) is 5.98. The lowest BCUT2D eigenvalue weighted by atomic mass is 9.80. The van der Waals surface area contributed by atoms with Gasteiger partial charge in [0.2, 0.25) is 5.89 Å². The number of hydrogen-bond donors (Lipinski definition) is 2. The highest BCUT2D eigenvalue weighted by Gasteiger charge is 2.25. The molecule has 1 aliphatic rings. The minimum absolute atomic E-state index is 0.0991. The molecule has 1 aliphatic carbocycles. The van der Waals surface area contributed by atoms with Crippen LogP contribution in [-0.4, -0.2) is 23.3 Å². The molecule has 0 amide bonds. The van der Waals surface area contributed by atoms with Crippen molar-refractivity contribution in [3.63, 3.8) is 0 Å². The normalized spacial score (nSPS) is 20.2. The molecule has 2 N–H and O–H groups in total. The first-order valence-corrected chi connectivity index (χ1v) is 5.98. The van der Waals surface area contributed by atoms with Gasteiger partial charge in [-0.2, -0.15) is 0 Å². The van der Waals surface area contributed by atoms with Crippen molar-refractivity contribution in [2.24, 2.45) is 5.92 Å². The van der Waals surface area contributed by atoms with Crippen molar-refractivity contribution >= 4 is 6.01 Å². The summed E-state index contributed by atoms with van der Waals surface area (Å²) in [5.74, 6) is 1.39. The van der Waals surface area contributed by atoms with E-state index < -0.39 is 0 Å². The smallest absolute Gasteiger partial charge is 0.315 e. The molecule has 1 aromatic heterocycles. The number of nitrogens with one attached hydrogen (secondary N) is 2. The van der Waals surface area contributed by atoms with E-state index in [0.717, 1.165) is 5.92 Å². The molecule has 0 saturated heterocycles. The average molecular weight is 224 g/mol. The van der Waals surface area contributed by atoms with Gasteiger partial charge in [0.25, 0.3) is 0 Å². The summed E-state index contributed by atoms with van der Waals surface area (Å²) in [6.07, 6.45) is 3.96. The molecule has 5 heteroatoms. The van der Waals surface area contributed by atoms with E-state index in [1.54, 1.807) is 0 Å². The van der Waals surface area contributed by atoms with Crippen molar-refractivity contribution in [2.45, 2.75) is 45.2 Å². The van der Waals surface area contributed by atoms with Crippen molar-refractivity contribution in [1.82, 2.24) is 15.5 Å². The van der Waals surface area contributed by atoms with Gasteiger partial charge in [-0.05, 0) is 39.7 Å². The van der Waals surface area contributed by atoms with Crippen LogP contribution in [0.2, 0.25) is 0 Å². The highest BCUT2D eigenvalue weighted by atomic mass is 16.4. The summed E-state index contributed by atoms with van der Waals surface area (Å²) in [5.41, 5.74) is 0. The Balaban J connectivity index is 1.91. The molecular formula is C11H20N4O. The fraction of sp³-hybridized carbons (Fsp3) is 0.818. The summed E-state index contributed by atoms with van der Waals surface area (Å²) in [6, 6.07) is 1.06. The van der Waals surface area contributed by atoms with E-state index in [2.05, 4.69) is 27.8 Å². The number of anilines is 1. The van der Waals surface area contributed by atoms with Crippen LogP contribution in [0.3, 0.4) is 0 Å². The number of rotatable bonds is 5. The Morgan fingerprint density at radius 3 is 2.62 bits per heavy atom. The van der Waals surface area contributed by atoms with Gasteiger partial charge in [0.1, 0.15) is 0 Å². The monoisotopic (exact) mass is 224 g/mol. The van der Waals surface area contributed by atoms with Crippen molar-refractivity contribution < 1.29 is 4.42 Å². The molecular weight excluding hydrogens is 204 g/mol. The first kappa shape index (κ1) is 11.4. The molecule has 0 spiro atoms. The van der Waals surface area contributed by atoms with Crippen LogP contribution < -0.4 is 10.6 Å². The van der Waals surface area contributed by atoms with Gasteiger partial charge in [-0.3, -0.25) is 0 Å². The lowest BCUT2D eigenvalue weighted by molar-refractivity contribution is 0.281. The quantitative estimate of drug-likeness (QED) is 0.800. The summed E-state index contributed by atoms with van der Waals surface area (Å²) in [7, 11) is 1.87. The van der Waals surface area contributed by atoms with Crippen LogP contribution in [0.25, 0.3) is 0 Å². The van der Waals surface area contributed by atoms with Crippen molar-refractivity contribution in [3.05, 3.63) is 5.89 Å². The Morgan fingerprint density at radius 1 is 1.31 bits per heavy atom. The summed E-state index contributed by atoms with van der Waals surface area (Å²) in [4.78, 5) is 0. The van der Waals surface area contributed by atoms with Crippen molar-refractivity contribution in [2.75, 3.05) is 12.4 Å². The van der Waals surface area contributed by atoms with Gasteiger partial charge in [-0.25, -0.2) is 0 Å². The fourth-order valence-corrected chi connectivity index (χ4v) is 1.84. The maximum atomic E-state index is 5.53. The molecule has 16 heavy (non-hydrogen) atoms. The second-order valence-corrected chi connectivity index (χ2v) is 4.58. The van der Waals surface area contributed by atoms with E-state index in [1.165, 1.54) is 19.3 Å². The Morgan fingerprint density at radius 2 is 2.06 bits per heavy atom. The van der Waals surface area contributed by atoms with Crippen molar-refractivity contribution in [3.8, 4) is 0 Å². The van der Waals surface area contributed by atoms with Crippen LogP contribution in [0, 0.1) is 5.92 Å². The fourth-order valence-electron chi connectivity index (χ4n) is 1.84. The third-order valence-electron chi connectivity index (χ3n) is 3.45. The van der Waals surface area contributed by atoms with Crippen molar-refractivity contribution in [1.29, 1.82) is 0 Å². The van der Waals surface area contributed by atoms with Crippen LogP contribution in [0.4, 0.5) is 6.01 Å². The minimum atomic E-state index is 0.0991. The number of aromatic nitrogens is 2. The standard InChI is InChI=1S/C11H20N4O/c1-7(9-5-4-6-9)13-11-15-14-10(16-11)8(2)12-3/h7-9,12H,4-6H2,1-3H3,(H,13,15). The van der Waals surface area contributed by atoms with Crippen LogP contribution in [0.5, 0.6) is 0 Å². The summed E-state index contributed by atoms with van der Waals surface area (Å²) in [5, 5.41) is 14.3.